The molecule has 0 bridgehead atoms. The van der Waals surface area contributed by atoms with Crippen LogP contribution in [0.4, 0.5) is 5.69 Å². The van der Waals surface area contributed by atoms with Gasteiger partial charge in [0.2, 0.25) is 0 Å². The highest BCUT2D eigenvalue weighted by Crippen LogP contribution is 2.46. The van der Waals surface area contributed by atoms with Gasteiger partial charge in [0.15, 0.2) is 0 Å². The van der Waals surface area contributed by atoms with Crippen molar-refractivity contribution in [1.29, 1.82) is 0 Å². The van der Waals surface area contributed by atoms with E-state index in [9.17, 15) is 0 Å². The number of hydrogen-bond acceptors (Lipinski definition) is 2. The van der Waals surface area contributed by atoms with Crippen molar-refractivity contribution in [3.8, 4) is 0 Å². The number of benzene rings is 1. The minimum absolute atomic E-state index is 0.354. The maximum atomic E-state index is 6.19. The number of halogens is 1. The Bertz CT molecular complexity index is 469. The molecule has 0 radical (unpaired) electrons. The second-order valence-electron chi connectivity index (χ2n) is 5.40. The van der Waals surface area contributed by atoms with Crippen LogP contribution in [-0.2, 0) is 0 Å². The Morgan fingerprint density at radius 1 is 1.28 bits per heavy atom. The molecule has 0 unspecified atom stereocenters. The molecule has 2 nitrogen and oxygen atoms in total. The first-order valence-electron chi connectivity index (χ1n) is 6.51. The molecule has 0 amide bonds. The first-order valence-corrected chi connectivity index (χ1v) is 7.29. The first-order chi connectivity index (χ1) is 8.65. The second kappa shape index (κ2) is 4.71. The van der Waals surface area contributed by atoms with Crippen molar-refractivity contribution in [2.75, 3.05) is 5.32 Å². The lowest BCUT2D eigenvalue weighted by Gasteiger charge is -2.19. The summed E-state index contributed by atoms with van der Waals surface area (Å²) in [5.41, 5.74) is 7.45. The molecule has 1 aromatic rings. The number of nitrogens with one attached hydrogen (secondary N) is 1. The molecule has 2 aliphatic rings. The molecule has 2 fully saturated rings. The van der Waals surface area contributed by atoms with Gasteiger partial charge in [-0.1, -0.05) is 23.8 Å². The van der Waals surface area contributed by atoms with E-state index in [1.54, 1.807) is 0 Å². The van der Waals surface area contributed by atoms with Gasteiger partial charge in [-0.3, -0.25) is 0 Å². The quantitative estimate of drug-likeness (QED) is 0.810. The lowest BCUT2D eigenvalue weighted by Crippen LogP contribution is -2.24. The third kappa shape index (κ3) is 2.62. The fourth-order valence-corrected chi connectivity index (χ4v) is 3.04. The van der Waals surface area contributed by atoms with Crippen LogP contribution in [0.1, 0.15) is 31.2 Å². The third-order valence-electron chi connectivity index (χ3n) is 3.83. The van der Waals surface area contributed by atoms with Crippen LogP contribution in [0, 0.1) is 11.8 Å². The summed E-state index contributed by atoms with van der Waals surface area (Å²) in [7, 11) is 0. The normalized spacial score (nSPS) is 19.0. The summed E-state index contributed by atoms with van der Waals surface area (Å²) < 4.78 is 0. The highest BCUT2D eigenvalue weighted by atomic mass is 35.5. The average molecular weight is 281 g/mol. The van der Waals surface area contributed by atoms with Gasteiger partial charge in [0.1, 0.15) is 4.99 Å². The fourth-order valence-electron chi connectivity index (χ4n) is 2.53. The minimum atomic E-state index is 0.354. The lowest BCUT2D eigenvalue weighted by molar-refractivity contribution is 0.568. The molecule has 2 aliphatic carbocycles. The maximum absolute atomic E-state index is 6.19. The van der Waals surface area contributed by atoms with E-state index < -0.39 is 0 Å². The van der Waals surface area contributed by atoms with Crippen LogP contribution < -0.4 is 11.1 Å². The topological polar surface area (TPSA) is 38.0 Å². The van der Waals surface area contributed by atoms with E-state index in [0.717, 1.165) is 23.1 Å². The molecule has 18 heavy (non-hydrogen) atoms. The van der Waals surface area contributed by atoms with Crippen molar-refractivity contribution in [3.63, 3.8) is 0 Å². The zero-order valence-electron chi connectivity index (χ0n) is 10.2. The van der Waals surface area contributed by atoms with Crippen LogP contribution in [0.25, 0.3) is 0 Å². The van der Waals surface area contributed by atoms with Gasteiger partial charge < -0.3 is 11.1 Å². The SMILES string of the molecule is NC(=S)c1ccc(NC(C2CC2)C2CC2)cc1Cl. The third-order valence-corrected chi connectivity index (χ3v) is 4.36. The Balaban J connectivity index is 1.75. The predicted molar refractivity (Wildman–Crippen MR) is 80.2 cm³/mol. The molecular formula is C14H17ClN2S. The van der Waals surface area contributed by atoms with E-state index in [1.165, 1.54) is 25.7 Å². The summed E-state index contributed by atoms with van der Waals surface area (Å²) >= 11 is 11.1. The van der Waals surface area contributed by atoms with E-state index in [2.05, 4.69) is 5.32 Å². The molecule has 4 heteroatoms. The van der Waals surface area contributed by atoms with Gasteiger partial charge in [-0.15, -0.1) is 0 Å². The van der Waals surface area contributed by atoms with Gasteiger partial charge in [0.25, 0.3) is 0 Å². The number of anilines is 1. The van der Waals surface area contributed by atoms with E-state index in [-0.39, 0.29) is 0 Å². The van der Waals surface area contributed by atoms with Crippen molar-refractivity contribution in [2.24, 2.45) is 17.6 Å². The smallest absolute Gasteiger partial charge is 0.105 e. The van der Waals surface area contributed by atoms with Gasteiger partial charge in [-0.2, -0.15) is 0 Å². The molecule has 0 aromatic heterocycles. The van der Waals surface area contributed by atoms with E-state index in [4.69, 9.17) is 29.6 Å². The van der Waals surface area contributed by atoms with Crippen molar-refractivity contribution in [1.82, 2.24) is 0 Å². The number of hydrogen-bond donors (Lipinski definition) is 2. The van der Waals surface area contributed by atoms with Gasteiger partial charge in [-0.25, -0.2) is 0 Å². The molecule has 3 N–H and O–H groups in total. The Hall–Kier alpha value is -0.800. The summed E-state index contributed by atoms with van der Waals surface area (Å²) in [6, 6.07) is 6.51. The van der Waals surface area contributed by atoms with Crippen molar-refractivity contribution >= 4 is 34.5 Å². The summed E-state index contributed by atoms with van der Waals surface area (Å²) in [5, 5.41) is 4.28. The predicted octanol–water partition coefficient (Wildman–Crippen LogP) is 3.57. The van der Waals surface area contributed by atoms with Crippen molar-refractivity contribution in [3.05, 3.63) is 28.8 Å². The molecule has 0 aliphatic heterocycles. The van der Waals surface area contributed by atoms with Gasteiger partial charge in [-0.05, 0) is 55.7 Å². The summed E-state index contributed by atoms with van der Waals surface area (Å²) in [5.74, 6) is 1.73. The zero-order chi connectivity index (χ0) is 12.7. The van der Waals surface area contributed by atoms with Crippen LogP contribution >= 0.6 is 23.8 Å². The van der Waals surface area contributed by atoms with Crippen LogP contribution in [0.2, 0.25) is 5.02 Å². The molecule has 0 atom stereocenters. The Morgan fingerprint density at radius 2 is 1.89 bits per heavy atom. The number of nitrogens with two attached hydrogens (primary N) is 1. The van der Waals surface area contributed by atoms with E-state index >= 15 is 0 Å². The van der Waals surface area contributed by atoms with Gasteiger partial charge >= 0.3 is 0 Å². The molecule has 96 valence electrons. The minimum Gasteiger partial charge on any atom is -0.389 e. The first kappa shape index (κ1) is 12.2. The monoisotopic (exact) mass is 280 g/mol. The number of thiocarbonyl (C=S) groups is 1. The summed E-state index contributed by atoms with van der Waals surface area (Å²) in [6.07, 6.45) is 5.47. The highest BCUT2D eigenvalue weighted by Gasteiger charge is 2.41. The molecule has 0 heterocycles. The Kier molecular flexibility index (Phi) is 3.20. The van der Waals surface area contributed by atoms with Crippen LogP contribution in [-0.4, -0.2) is 11.0 Å². The number of rotatable bonds is 5. The summed E-state index contributed by atoms with van der Waals surface area (Å²) in [4.78, 5) is 0.354. The van der Waals surface area contributed by atoms with Gasteiger partial charge in [0.05, 0.1) is 5.02 Å². The molecule has 1 aromatic carbocycles. The van der Waals surface area contributed by atoms with E-state index in [1.807, 2.05) is 18.2 Å². The maximum Gasteiger partial charge on any atom is 0.105 e. The van der Waals surface area contributed by atoms with Crippen LogP contribution in [0.15, 0.2) is 18.2 Å². The van der Waals surface area contributed by atoms with Gasteiger partial charge in [0, 0.05) is 17.3 Å². The van der Waals surface area contributed by atoms with Crippen molar-refractivity contribution < 1.29 is 0 Å². The fraction of sp³-hybridized carbons (Fsp3) is 0.500. The molecular weight excluding hydrogens is 264 g/mol. The van der Waals surface area contributed by atoms with Crippen LogP contribution in [0.5, 0.6) is 0 Å². The molecule has 3 rings (SSSR count). The van der Waals surface area contributed by atoms with Crippen molar-refractivity contribution in [2.45, 2.75) is 31.7 Å². The molecule has 2 saturated carbocycles. The lowest BCUT2D eigenvalue weighted by atomic mass is 10.1. The standard InChI is InChI=1S/C14H17ClN2S/c15-12-7-10(5-6-11(12)14(16)18)17-13(8-1-2-8)9-3-4-9/h5-9,13,17H,1-4H2,(H2,16,18). The molecule has 0 spiro atoms. The average Bonchev–Trinajstić information content (AvgIpc) is 3.17. The summed E-state index contributed by atoms with van der Waals surface area (Å²) in [6.45, 7) is 0. The van der Waals surface area contributed by atoms with Crippen LogP contribution in [0.3, 0.4) is 0 Å². The Morgan fingerprint density at radius 3 is 2.33 bits per heavy atom. The van der Waals surface area contributed by atoms with E-state index in [0.29, 0.717) is 16.1 Å². The Labute approximate surface area is 118 Å². The highest BCUT2D eigenvalue weighted by molar-refractivity contribution is 7.80. The second-order valence-corrected chi connectivity index (χ2v) is 6.25. The zero-order valence-corrected chi connectivity index (χ0v) is 11.7. The largest absolute Gasteiger partial charge is 0.389 e. The molecule has 0 saturated heterocycles.